The van der Waals surface area contributed by atoms with Crippen LogP contribution in [-0.2, 0) is 27.1 Å². The molecule has 2 aliphatic heterocycles. The minimum Gasteiger partial charge on any atom is -0.456 e. The Morgan fingerprint density at radius 1 is 0.217 bits per heavy atom. The van der Waals surface area contributed by atoms with Crippen molar-refractivity contribution in [2.45, 2.75) is 131 Å². The third-order valence-electron chi connectivity index (χ3n) is 27.9. The monoisotopic (exact) mass is 1670 g/mol. The van der Waals surface area contributed by atoms with Gasteiger partial charge in [0.05, 0.1) is 33.4 Å². The normalized spacial score (nSPS) is 13.2. The van der Waals surface area contributed by atoms with Crippen LogP contribution in [0.25, 0.3) is 166 Å². The highest BCUT2D eigenvalue weighted by atomic mass is 16.3. The molecular weight excluding hydrogens is 1560 g/mol. The van der Waals surface area contributed by atoms with Gasteiger partial charge >= 0.3 is 0 Å². The topological polar surface area (TPSA) is 42.6 Å². The molecule has 0 saturated carbocycles. The SMILES string of the molecule is CC(C)(C)c1cc2c3c(c1)N(c1c(-c4ccccc4)cc(-c4ccccc4)cc1-c1cccc4oc5ccccc5c14)c1cc(-n4c5ccc(C(C)(C)C)cc5c5cc(C(C)(C)C)ccc54)ccc1B3c1ccc(-n3c4ccc(C(C)(C)C)cc4c4cc(C(C)(C)C)ccc43)cc1N2c1c(-c2ccccc2)cc(-c2ccccc2)cc1-c1cccc2oc3ccccc3c12. The maximum absolute atomic E-state index is 7.05. The number of fused-ring (bicyclic) bond motifs is 16. The number of hydrogen-bond acceptors (Lipinski definition) is 4. The molecular formula is C122H103BN4O2. The van der Waals surface area contributed by atoms with Gasteiger partial charge in [-0.2, -0.15) is 0 Å². The molecule has 0 radical (unpaired) electrons. The molecule has 6 nitrogen and oxygen atoms in total. The molecule has 0 unspecified atom stereocenters. The zero-order valence-corrected chi connectivity index (χ0v) is 76.2. The molecule has 0 aliphatic carbocycles. The molecule has 0 amide bonds. The van der Waals surface area contributed by atoms with Gasteiger partial charge in [-0.1, -0.05) is 322 Å². The fourth-order valence-corrected chi connectivity index (χ4v) is 21.1. The van der Waals surface area contributed by atoms with Crippen LogP contribution in [0.2, 0.25) is 0 Å². The van der Waals surface area contributed by atoms with E-state index in [1.54, 1.807) is 0 Å². The number of rotatable bonds is 10. The molecule has 0 fully saturated rings. The number of nitrogens with zero attached hydrogens (tertiary/aromatic N) is 4. The van der Waals surface area contributed by atoms with E-state index in [0.717, 1.165) is 178 Å². The van der Waals surface area contributed by atoms with Crippen molar-refractivity contribution in [3.63, 3.8) is 0 Å². The molecule has 23 rings (SSSR count). The van der Waals surface area contributed by atoms with Crippen LogP contribution in [0.3, 0.4) is 0 Å². The van der Waals surface area contributed by atoms with Crippen LogP contribution < -0.4 is 26.2 Å². The van der Waals surface area contributed by atoms with Crippen molar-refractivity contribution >= 4 is 145 Å². The van der Waals surface area contributed by atoms with Crippen LogP contribution in [0.5, 0.6) is 0 Å². The summed E-state index contributed by atoms with van der Waals surface area (Å²) in [4.78, 5) is 5.51. The first kappa shape index (κ1) is 79.3. The molecule has 0 bridgehead atoms. The molecule has 0 saturated heterocycles. The largest absolute Gasteiger partial charge is 0.456 e. The zero-order valence-electron chi connectivity index (χ0n) is 76.2. The number of hydrogen-bond donors (Lipinski definition) is 0. The van der Waals surface area contributed by atoms with Gasteiger partial charge in [0.1, 0.15) is 22.3 Å². The first-order valence-corrected chi connectivity index (χ1v) is 45.8. The molecule has 0 spiro atoms. The number of benzene rings is 17. The minimum atomic E-state index is -0.447. The van der Waals surface area contributed by atoms with Crippen molar-refractivity contribution in [3.05, 3.63) is 380 Å². The Morgan fingerprint density at radius 3 is 0.868 bits per heavy atom. The van der Waals surface area contributed by atoms with Gasteiger partial charge in [-0.15, -0.1) is 0 Å². The van der Waals surface area contributed by atoms with E-state index in [1.807, 2.05) is 0 Å². The second-order valence-electron chi connectivity index (χ2n) is 41.2. The third-order valence-corrected chi connectivity index (χ3v) is 27.9. The molecule has 4 aromatic heterocycles. The average molecular weight is 1670 g/mol. The fraction of sp³-hybridized carbons (Fsp3) is 0.164. The molecule has 7 heteroatoms. The Balaban J connectivity index is 0.918. The standard InChI is InChI=1S/C122H103BN4O2/c1-118(2,3)80-50-58-101-93(66-80)94-67-81(119(4,5)6)51-59-102(94)124(101)85-54-56-99-105(72-85)126(116-91(76-38-24-18-25-39-76)62-78(74-34-20-16-21-35-74)64-97(116)87-44-32-48-111-113(87)89-42-28-30-46-109(89)128-111)107-70-84(122(13,14)15)71-108-115(107)123(99)100-57-55-86(125-103-60-52-82(120(7,8)9)68-95(103)96-69-83(121(10,11)12)53-61-104(96)125)73-106(100)127(108)117-92(77-40-26-19-27-41-77)63-79(75-36-22-17-23-37-75)65-98(117)88-45-33-49-112-114(88)90-43-29-31-47-110(90)129-112/h16-73H,1-15H3. The highest BCUT2D eigenvalue weighted by molar-refractivity contribution is 7.00. The summed E-state index contributed by atoms with van der Waals surface area (Å²) in [6, 6.07) is 134. The van der Waals surface area contributed by atoms with Crippen molar-refractivity contribution in [3.8, 4) is 78.1 Å². The molecule has 21 aromatic rings. The smallest absolute Gasteiger partial charge is 0.252 e. The van der Waals surface area contributed by atoms with Crippen LogP contribution >= 0.6 is 0 Å². The average Bonchev–Trinajstić information content (AvgIpc) is 0.946. The second-order valence-corrected chi connectivity index (χ2v) is 41.2. The highest BCUT2D eigenvalue weighted by Gasteiger charge is 2.47. The summed E-state index contributed by atoms with van der Waals surface area (Å²) in [7, 11) is 0. The van der Waals surface area contributed by atoms with Gasteiger partial charge in [0.2, 0.25) is 0 Å². The molecule has 2 aliphatic rings. The predicted molar refractivity (Wildman–Crippen MR) is 550 cm³/mol. The van der Waals surface area contributed by atoms with E-state index in [2.05, 4.69) is 475 Å². The molecule has 6 heterocycles. The van der Waals surface area contributed by atoms with Crippen LogP contribution in [-0.4, -0.2) is 15.8 Å². The summed E-state index contributed by atoms with van der Waals surface area (Å²) >= 11 is 0. The van der Waals surface area contributed by atoms with E-state index in [9.17, 15) is 0 Å². The van der Waals surface area contributed by atoms with Crippen LogP contribution in [0.4, 0.5) is 34.1 Å². The van der Waals surface area contributed by atoms with Crippen LogP contribution in [0.1, 0.15) is 132 Å². The summed E-state index contributed by atoms with van der Waals surface area (Å²) in [5.41, 5.74) is 38.7. The maximum atomic E-state index is 7.05. The van der Waals surface area contributed by atoms with Gasteiger partial charge in [-0.3, -0.25) is 0 Å². The van der Waals surface area contributed by atoms with Crippen molar-refractivity contribution in [2.24, 2.45) is 0 Å². The molecule has 129 heavy (non-hydrogen) atoms. The van der Waals surface area contributed by atoms with E-state index >= 15 is 0 Å². The van der Waals surface area contributed by atoms with Crippen molar-refractivity contribution in [1.29, 1.82) is 0 Å². The third kappa shape index (κ3) is 12.9. The van der Waals surface area contributed by atoms with Gasteiger partial charge in [0.25, 0.3) is 6.71 Å². The van der Waals surface area contributed by atoms with Gasteiger partial charge in [0.15, 0.2) is 0 Å². The van der Waals surface area contributed by atoms with Gasteiger partial charge in [0, 0.05) is 99.5 Å². The van der Waals surface area contributed by atoms with Crippen molar-refractivity contribution in [2.75, 3.05) is 9.80 Å². The van der Waals surface area contributed by atoms with Crippen LogP contribution in [0.15, 0.2) is 361 Å². The summed E-state index contributed by atoms with van der Waals surface area (Å²) in [5, 5.41) is 9.19. The first-order valence-electron chi connectivity index (χ1n) is 45.8. The Morgan fingerprint density at radius 2 is 0.527 bits per heavy atom. The van der Waals surface area contributed by atoms with E-state index in [1.165, 1.54) is 65.8 Å². The van der Waals surface area contributed by atoms with Gasteiger partial charge < -0.3 is 27.8 Å². The van der Waals surface area contributed by atoms with Gasteiger partial charge in [-0.05, 0) is 249 Å². The maximum Gasteiger partial charge on any atom is 0.252 e. The molecule has 17 aromatic carbocycles. The summed E-state index contributed by atoms with van der Waals surface area (Å²) < 4.78 is 19.2. The number of aromatic nitrogens is 2. The number of para-hydroxylation sites is 2. The van der Waals surface area contributed by atoms with Gasteiger partial charge in [-0.25, -0.2) is 0 Å². The Bertz CT molecular complexity index is 7570. The van der Waals surface area contributed by atoms with Crippen molar-refractivity contribution < 1.29 is 8.83 Å². The lowest BCUT2D eigenvalue weighted by molar-refractivity contribution is 0.590. The van der Waals surface area contributed by atoms with E-state index < -0.39 is 5.41 Å². The Kier molecular flexibility index (Phi) is 17.9. The fourth-order valence-electron chi connectivity index (χ4n) is 21.1. The molecule has 626 valence electrons. The molecule has 0 atom stereocenters. The number of furan rings is 2. The lowest BCUT2D eigenvalue weighted by Crippen LogP contribution is -2.61. The minimum absolute atomic E-state index is 0.104. The highest BCUT2D eigenvalue weighted by Crippen LogP contribution is 2.58. The first-order chi connectivity index (χ1) is 62.1. The predicted octanol–water partition coefficient (Wildman–Crippen LogP) is 32.3. The van der Waals surface area contributed by atoms with E-state index in [0.29, 0.717) is 0 Å². The van der Waals surface area contributed by atoms with Crippen molar-refractivity contribution in [1.82, 2.24) is 9.13 Å². The van der Waals surface area contributed by atoms with E-state index in [-0.39, 0.29) is 28.4 Å². The van der Waals surface area contributed by atoms with E-state index in [4.69, 9.17) is 8.83 Å². The second kappa shape index (κ2) is 29.1. The zero-order chi connectivity index (χ0) is 88.2. The quantitative estimate of drug-likeness (QED) is 0.128. The summed E-state index contributed by atoms with van der Waals surface area (Å²) in [6.45, 7) is 34.9. The number of anilines is 6. The molecule has 0 N–H and O–H groups in total. The van der Waals surface area contributed by atoms with Crippen LogP contribution in [0, 0.1) is 0 Å². The summed E-state index contributed by atoms with van der Waals surface area (Å²) in [6.07, 6.45) is 0. The lowest BCUT2D eigenvalue weighted by Gasteiger charge is -2.46. The summed E-state index contributed by atoms with van der Waals surface area (Å²) in [5.74, 6) is 0. The lowest BCUT2D eigenvalue weighted by atomic mass is 9.33. The Labute approximate surface area is 756 Å². The Hall–Kier alpha value is -14.4.